The van der Waals surface area contributed by atoms with Crippen LogP contribution < -0.4 is 5.73 Å². The first kappa shape index (κ1) is 12.0. The maximum absolute atomic E-state index is 6.18. The Bertz CT molecular complexity index is 158. The van der Waals surface area contributed by atoms with Crippen LogP contribution >= 0.6 is 0 Å². The number of hydrogen-bond acceptors (Lipinski definition) is 2. The van der Waals surface area contributed by atoms with Crippen molar-refractivity contribution in [1.82, 2.24) is 4.90 Å². The van der Waals surface area contributed by atoms with Gasteiger partial charge in [-0.2, -0.15) is 0 Å². The third-order valence-electron chi connectivity index (χ3n) is 3.76. The SMILES string of the molecule is CCC(C)C(N)CN1CCCCC1C. The normalized spacial score (nSPS) is 28.7. The Morgan fingerprint density at radius 3 is 2.71 bits per heavy atom. The summed E-state index contributed by atoms with van der Waals surface area (Å²) in [5.41, 5.74) is 6.18. The van der Waals surface area contributed by atoms with Crippen LogP contribution in [0.3, 0.4) is 0 Å². The van der Waals surface area contributed by atoms with E-state index in [4.69, 9.17) is 5.73 Å². The minimum atomic E-state index is 0.362. The van der Waals surface area contributed by atoms with Crippen LogP contribution in [0.1, 0.15) is 46.5 Å². The van der Waals surface area contributed by atoms with Crippen LogP contribution in [-0.2, 0) is 0 Å². The topological polar surface area (TPSA) is 29.3 Å². The summed E-state index contributed by atoms with van der Waals surface area (Å²) in [4.78, 5) is 2.57. The van der Waals surface area contributed by atoms with Gasteiger partial charge in [-0.25, -0.2) is 0 Å². The Labute approximate surface area is 88.8 Å². The van der Waals surface area contributed by atoms with Crippen molar-refractivity contribution in [2.75, 3.05) is 13.1 Å². The molecule has 0 spiro atoms. The Balaban J connectivity index is 2.34. The van der Waals surface area contributed by atoms with Crippen molar-refractivity contribution in [2.24, 2.45) is 11.7 Å². The van der Waals surface area contributed by atoms with Crippen LogP contribution in [0.15, 0.2) is 0 Å². The lowest BCUT2D eigenvalue weighted by atomic mass is 9.97. The van der Waals surface area contributed by atoms with Gasteiger partial charge in [0.1, 0.15) is 0 Å². The molecule has 0 aromatic carbocycles. The predicted molar refractivity (Wildman–Crippen MR) is 62.3 cm³/mol. The molecule has 2 N–H and O–H groups in total. The van der Waals surface area contributed by atoms with Crippen molar-refractivity contribution in [3.63, 3.8) is 0 Å². The Morgan fingerprint density at radius 1 is 1.43 bits per heavy atom. The highest BCUT2D eigenvalue weighted by Gasteiger charge is 2.21. The minimum Gasteiger partial charge on any atom is -0.326 e. The summed E-state index contributed by atoms with van der Waals surface area (Å²) >= 11 is 0. The second-order valence-corrected chi connectivity index (χ2v) is 4.89. The van der Waals surface area contributed by atoms with E-state index in [1.165, 1.54) is 32.2 Å². The molecule has 2 heteroatoms. The fraction of sp³-hybridized carbons (Fsp3) is 1.00. The lowest BCUT2D eigenvalue weighted by Crippen LogP contribution is -2.47. The summed E-state index contributed by atoms with van der Waals surface area (Å²) in [5.74, 6) is 0.657. The van der Waals surface area contributed by atoms with Gasteiger partial charge in [0.2, 0.25) is 0 Å². The van der Waals surface area contributed by atoms with Crippen molar-refractivity contribution in [3.8, 4) is 0 Å². The molecule has 0 amide bonds. The van der Waals surface area contributed by atoms with Gasteiger partial charge in [0, 0.05) is 18.6 Å². The molecule has 1 heterocycles. The molecule has 0 bridgehead atoms. The second-order valence-electron chi connectivity index (χ2n) is 4.89. The fourth-order valence-corrected chi connectivity index (χ4v) is 2.18. The highest BCUT2D eigenvalue weighted by molar-refractivity contribution is 4.79. The van der Waals surface area contributed by atoms with Crippen LogP contribution in [-0.4, -0.2) is 30.1 Å². The largest absolute Gasteiger partial charge is 0.326 e. The molecule has 1 fully saturated rings. The van der Waals surface area contributed by atoms with E-state index in [1.54, 1.807) is 0 Å². The average Bonchev–Trinajstić information content (AvgIpc) is 2.20. The van der Waals surface area contributed by atoms with Crippen molar-refractivity contribution in [1.29, 1.82) is 0 Å². The first-order valence-corrected chi connectivity index (χ1v) is 6.14. The molecule has 0 aliphatic carbocycles. The number of likely N-dealkylation sites (tertiary alicyclic amines) is 1. The summed E-state index contributed by atoms with van der Waals surface area (Å²) in [6.07, 6.45) is 5.31. The molecule has 0 aromatic heterocycles. The van der Waals surface area contributed by atoms with E-state index in [9.17, 15) is 0 Å². The van der Waals surface area contributed by atoms with Crippen molar-refractivity contribution in [2.45, 2.75) is 58.5 Å². The third-order valence-corrected chi connectivity index (χ3v) is 3.76. The molecule has 0 saturated carbocycles. The minimum absolute atomic E-state index is 0.362. The van der Waals surface area contributed by atoms with Crippen LogP contribution in [0.4, 0.5) is 0 Å². The van der Waals surface area contributed by atoms with Crippen LogP contribution in [0, 0.1) is 5.92 Å². The highest BCUT2D eigenvalue weighted by Crippen LogP contribution is 2.17. The Hall–Kier alpha value is -0.0800. The molecular formula is C12H26N2. The summed E-state index contributed by atoms with van der Waals surface area (Å²) in [6.45, 7) is 9.17. The maximum Gasteiger partial charge on any atom is 0.0193 e. The molecule has 14 heavy (non-hydrogen) atoms. The summed E-state index contributed by atoms with van der Waals surface area (Å²) < 4.78 is 0. The zero-order chi connectivity index (χ0) is 10.6. The van der Waals surface area contributed by atoms with Gasteiger partial charge in [-0.05, 0) is 32.2 Å². The third kappa shape index (κ3) is 3.25. The van der Waals surface area contributed by atoms with E-state index in [-0.39, 0.29) is 0 Å². The zero-order valence-electron chi connectivity index (χ0n) is 10.00. The van der Waals surface area contributed by atoms with Gasteiger partial charge in [0.15, 0.2) is 0 Å². The molecule has 0 aromatic rings. The highest BCUT2D eigenvalue weighted by atomic mass is 15.2. The molecule has 1 aliphatic heterocycles. The zero-order valence-corrected chi connectivity index (χ0v) is 10.00. The van der Waals surface area contributed by atoms with Gasteiger partial charge in [-0.15, -0.1) is 0 Å². The number of nitrogens with two attached hydrogens (primary N) is 1. The van der Waals surface area contributed by atoms with Crippen molar-refractivity contribution >= 4 is 0 Å². The van der Waals surface area contributed by atoms with E-state index in [2.05, 4.69) is 25.7 Å². The van der Waals surface area contributed by atoms with Crippen LogP contribution in [0.5, 0.6) is 0 Å². The van der Waals surface area contributed by atoms with Gasteiger partial charge in [-0.3, -0.25) is 4.90 Å². The van der Waals surface area contributed by atoms with Gasteiger partial charge in [-0.1, -0.05) is 26.7 Å². The van der Waals surface area contributed by atoms with Gasteiger partial charge in [0.25, 0.3) is 0 Å². The molecule has 1 aliphatic rings. The number of piperidine rings is 1. The lowest BCUT2D eigenvalue weighted by molar-refractivity contribution is 0.140. The molecular weight excluding hydrogens is 172 g/mol. The van der Waals surface area contributed by atoms with Gasteiger partial charge >= 0.3 is 0 Å². The monoisotopic (exact) mass is 198 g/mol. The molecule has 1 rings (SSSR count). The molecule has 84 valence electrons. The van der Waals surface area contributed by atoms with E-state index in [1.807, 2.05) is 0 Å². The van der Waals surface area contributed by atoms with Crippen LogP contribution in [0.25, 0.3) is 0 Å². The van der Waals surface area contributed by atoms with E-state index >= 15 is 0 Å². The summed E-state index contributed by atoms with van der Waals surface area (Å²) in [6, 6.07) is 1.11. The number of hydrogen-bond donors (Lipinski definition) is 1. The quantitative estimate of drug-likeness (QED) is 0.750. The number of nitrogens with zero attached hydrogens (tertiary/aromatic N) is 1. The first-order chi connectivity index (χ1) is 6.65. The molecule has 1 saturated heterocycles. The maximum atomic E-state index is 6.18. The fourth-order valence-electron chi connectivity index (χ4n) is 2.18. The Morgan fingerprint density at radius 2 is 2.14 bits per heavy atom. The summed E-state index contributed by atoms with van der Waals surface area (Å²) in [5, 5.41) is 0. The predicted octanol–water partition coefficient (Wildman–Crippen LogP) is 2.23. The summed E-state index contributed by atoms with van der Waals surface area (Å²) in [7, 11) is 0. The van der Waals surface area contributed by atoms with E-state index in [0.29, 0.717) is 12.0 Å². The molecule has 3 atom stereocenters. The van der Waals surface area contributed by atoms with Crippen molar-refractivity contribution < 1.29 is 0 Å². The molecule has 0 radical (unpaired) electrons. The van der Waals surface area contributed by atoms with Crippen LogP contribution in [0.2, 0.25) is 0 Å². The first-order valence-electron chi connectivity index (χ1n) is 6.14. The van der Waals surface area contributed by atoms with E-state index < -0.39 is 0 Å². The molecule has 3 unspecified atom stereocenters. The lowest BCUT2D eigenvalue weighted by Gasteiger charge is -2.36. The van der Waals surface area contributed by atoms with Crippen molar-refractivity contribution in [3.05, 3.63) is 0 Å². The smallest absolute Gasteiger partial charge is 0.0193 e. The molecule has 2 nitrogen and oxygen atoms in total. The van der Waals surface area contributed by atoms with Gasteiger partial charge in [0.05, 0.1) is 0 Å². The van der Waals surface area contributed by atoms with E-state index in [0.717, 1.165) is 12.6 Å². The Kier molecular flexibility index (Phi) is 4.90. The number of rotatable bonds is 4. The second kappa shape index (κ2) is 5.72. The van der Waals surface area contributed by atoms with Gasteiger partial charge < -0.3 is 5.73 Å². The average molecular weight is 198 g/mol. The standard InChI is InChI=1S/C12H26N2/c1-4-10(2)12(13)9-14-8-6-5-7-11(14)3/h10-12H,4-9,13H2,1-3H3.